The number of fused-ring (bicyclic) bond motifs is 3. The Morgan fingerprint density at radius 3 is 2.64 bits per heavy atom. The first kappa shape index (κ1) is 15.7. The summed E-state index contributed by atoms with van der Waals surface area (Å²) >= 11 is 8.04. The van der Waals surface area contributed by atoms with Crippen LogP contribution >= 0.6 is 35.3 Å². The van der Waals surface area contributed by atoms with Crippen molar-refractivity contribution < 1.29 is 0 Å². The second kappa shape index (κ2) is 5.80. The molecular weight excluding hydrogens is 339 g/mol. The Kier molecular flexibility index (Phi) is 4.14. The van der Waals surface area contributed by atoms with Crippen LogP contribution in [-0.4, -0.2) is 28.0 Å². The lowest BCUT2D eigenvalue weighted by Gasteiger charge is -2.16. The minimum Gasteiger partial charge on any atom is -0.355 e. The van der Waals surface area contributed by atoms with Crippen LogP contribution < -0.4 is 4.90 Å². The van der Waals surface area contributed by atoms with Gasteiger partial charge < -0.3 is 4.90 Å². The zero-order valence-corrected chi connectivity index (χ0v) is 14.8. The minimum absolute atomic E-state index is 0. The van der Waals surface area contributed by atoms with Gasteiger partial charge >= 0.3 is 0 Å². The smallest absolute Gasteiger partial charge is 0.150 e. The quantitative estimate of drug-likeness (QED) is 0.643. The van der Waals surface area contributed by atoms with Crippen LogP contribution in [0.5, 0.6) is 0 Å². The minimum atomic E-state index is 0. The highest BCUT2D eigenvalue weighted by molar-refractivity contribution is 7.26. The van der Waals surface area contributed by atoms with Gasteiger partial charge in [0.15, 0.2) is 0 Å². The molecule has 0 spiro atoms. The Balaban J connectivity index is 0.00000144. The Morgan fingerprint density at radius 2 is 1.91 bits per heavy atom. The van der Waals surface area contributed by atoms with E-state index in [-0.39, 0.29) is 12.4 Å². The lowest BCUT2D eigenvalue weighted by Crippen LogP contribution is -2.18. The average Bonchev–Trinajstić information content (AvgIpc) is 3.11. The molecular formula is C15H16Cl2N4S. The van der Waals surface area contributed by atoms with Gasteiger partial charge in [-0.2, -0.15) is 0 Å². The summed E-state index contributed by atoms with van der Waals surface area (Å²) in [6, 6.07) is 0. The molecule has 1 fully saturated rings. The first-order chi connectivity index (χ1) is 10.2. The number of aromatic nitrogens is 3. The van der Waals surface area contributed by atoms with Gasteiger partial charge in [0, 0.05) is 18.5 Å². The molecule has 0 radical (unpaired) electrons. The first-order valence-electron chi connectivity index (χ1n) is 7.11. The summed E-state index contributed by atoms with van der Waals surface area (Å²) < 4.78 is 1.13. The first-order valence-corrected chi connectivity index (χ1v) is 8.31. The molecule has 1 saturated heterocycles. The van der Waals surface area contributed by atoms with Gasteiger partial charge in [-0.3, -0.25) is 0 Å². The maximum atomic E-state index is 6.37. The summed E-state index contributed by atoms with van der Waals surface area (Å²) in [5.74, 6) is 1.05. The number of hydrogen-bond donors (Lipinski definition) is 0. The molecule has 0 N–H and O–H groups in total. The Hall–Kier alpha value is -1.17. The van der Waals surface area contributed by atoms with E-state index in [2.05, 4.69) is 19.9 Å². The van der Waals surface area contributed by atoms with E-state index >= 15 is 0 Å². The summed E-state index contributed by atoms with van der Waals surface area (Å²) in [5.41, 5.74) is 2.93. The highest BCUT2D eigenvalue weighted by Crippen LogP contribution is 2.40. The highest BCUT2D eigenvalue weighted by Gasteiger charge is 2.21. The van der Waals surface area contributed by atoms with E-state index < -0.39 is 0 Å². The summed E-state index contributed by atoms with van der Waals surface area (Å²) in [4.78, 5) is 17.0. The van der Waals surface area contributed by atoms with Crippen LogP contribution in [0.4, 0.5) is 5.82 Å². The molecule has 116 valence electrons. The second-order valence-corrected chi connectivity index (χ2v) is 6.86. The molecule has 3 aromatic rings. The zero-order valence-electron chi connectivity index (χ0n) is 12.4. The molecule has 0 atom stereocenters. The molecule has 4 heterocycles. The van der Waals surface area contributed by atoms with E-state index in [1.807, 2.05) is 13.8 Å². The third-order valence-electron chi connectivity index (χ3n) is 4.13. The third-order valence-corrected chi connectivity index (χ3v) is 5.76. The van der Waals surface area contributed by atoms with Crippen LogP contribution in [0.25, 0.3) is 20.4 Å². The van der Waals surface area contributed by atoms with E-state index in [9.17, 15) is 0 Å². The molecule has 3 aromatic heterocycles. The number of nitrogens with zero attached hydrogens (tertiary/aromatic N) is 4. The summed E-state index contributed by atoms with van der Waals surface area (Å²) in [6.07, 6.45) is 4.13. The molecule has 0 bridgehead atoms. The van der Waals surface area contributed by atoms with Crippen LogP contribution in [-0.2, 0) is 0 Å². The van der Waals surface area contributed by atoms with Gasteiger partial charge in [0.25, 0.3) is 0 Å². The number of halogens is 2. The van der Waals surface area contributed by atoms with Crippen molar-refractivity contribution in [2.24, 2.45) is 0 Å². The second-order valence-electron chi connectivity index (χ2n) is 5.49. The van der Waals surface area contributed by atoms with Crippen molar-refractivity contribution >= 4 is 61.6 Å². The van der Waals surface area contributed by atoms with E-state index in [1.165, 1.54) is 12.8 Å². The van der Waals surface area contributed by atoms with Crippen LogP contribution in [0.3, 0.4) is 0 Å². The monoisotopic (exact) mass is 354 g/mol. The zero-order chi connectivity index (χ0) is 14.6. The van der Waals surface area contributed by atoms with Crippen LogP contribution in [0.15, 0.2) is 6.33 Å². The fourth-order valence-electron chi connectivity index (χ4n) is 3.04. The van der Waals surface area contributed by atoms with Crippen molar-refractivity contribution in [2.45, 2.75) is 26.7 Å². The maximum Gasteiger partial charge on any atom is 0.150 e. The fourth-order valence-corrected chi connectivity index (χ4v) is 4.43. The van der Waals surface area contributed by atoms with Gasteiger partial charge in [-0.15, -0.1) is 23.7 Å². The molecule has 0 unspecified atom stereocenters. The fraction of sp³-hybridized carbons (Fsp3) is 0.400. The molecule has 0 saturated carbocycles. The van der Waals surface area contributed by atoms with E-state index in [0.717, 1.165) is 55.6 Å². The molecule has 22 heavy (non-hydrogen) atoms. The number of aryl methyl sites for hydroxylation is 2. The summed E-state index contributed by atoms with van der Waals surface area (Å²) in [5, 5.41) is 1.82. The molecule has 1 aliphatic rings. The molecule has 7 heteroatoms. The standard InChI is InChI=1S/C15H15ClN4S.ClH/c1-8-10-12-13(21-15(10)19-9(2)11(8)16)14(18-7-17-12)20-5-3-4-6-20;/h7H,3-6H2,1-2H3;1H. The van der Waals surface area contributed by atoms with Gasteiger partial charge in [-0.1, -0.05) is 11.6 Å². The van der Waals surface area contributed by atoms with Crippen LogP contribution in [0.2, 0.25) is 5.02 Å². The molecule has 0 aliphatic carbocycles. The number of thiophene rings is 1. The summed E-state index contributed by atoms with van der Waals surface area (Å²) in [6.45, 7) is 6.15. The van der Waals surface area contributed by atoms with Gasteiger partial charge in [0.1, 0.15) is 17.0 Å². The van der Waals surface area contributed by atoms with E-state index in [1.54, 1.807) is 17.7 Å². The normalized spacial score (nSPS) is 14.8. The van der Waals surface area contributed by atoms with E-state index in [0.29, 0.717) is 0 Å². The van der Waals surface area contributed by atoms with Crippen molar-refractivity contribution in [3.63, 3.8) is 0 Å². The van der Waals surface area contributed by atoms with Crippen molar-refractivity contribution in [1.82, 2.24) is 15.0 Å². The van der Waals surface area contributed by atoms with Crippen molar-refractivity contribution in [2.75, 3.05) is 18.0 Å². The van der Waals surface area contributed by atoms with Gasteiger partial charge in [-0.05, 0) is 32.3 Å². The predicted octanol–water partition coefficient (Wildman–Crippen LogP) is 4.53. The number of anilines is 1. The molecule has 4 rings (SSSR count). The number of pyridine rings is 1. The van der Waals surface area contributed by atoms with Crippen molar-refractivity contribution in [1.29, 1.82) is 0 Å². The van der Waals surface area contributed by atoms with E-state index in [4.69, 9.17) is 11.6 Å². The Morgan fingerprint density at radius 1 is 1.18 bits per heavy atom. The van der Waals surface area contributed by atoms with Crippen molar-refractivity contribution in [3.8, 4) is 0 Å². The number of rotatable bonds is 1. The van der Waals surface area contributed by atoms with Gasteiger partial charge in [0.05, 0.1) is 20.9 Å². The Labute approximate surface area is 143 Å². The average molecular weight is 355 g/mol. The largest absolute Gasteiger partial charge is 0.355 e. The highest BCUT2D eigenvalue weighted by atomic mass is 35.5. The van der Waals surface area contributed by atoms with Gasteiger partial charge in [0.2, 0.25) is 0 Å². The Bertz CT molecular complexity index is 856. The number of hydrogen-bond acceptors (Lipinski definition) is 5. The topological polar surface area (TPSA) is 41.9 Å². The maximum absolute atomic E-state index is 6.37. The molecule has 0 aromatic carbocycles. The van der Waals surface area contributed by atoms with Crippen LogP contribution in [0, 0.1) is 13.8 Å². The predicted molar refractivity (Wildman–Crippen MR) is 95.9 cm³/mol. The SMILES string of the molecule is Cc1nc2sc3c(N4CCCC4)ncnc3c2c(C)c1Cl.Cl. The molecule has 1 aliphatic heterocycles. The van der Waals surface area contributed by atoms with Crippen LogP contribution in [0.1, 0.15) is 24.1 Å². The summed E-state index contributed by atoms with van der Waals surface area (Å²) in [7, 11) is 0. The third kappa shape index (κ3) is 2.23. The van der Waals surface area contributed by atoms with Crippen molar-refractivity contribution in [3.05, 3.63) is 22.6 Å². The molecule has 4 nitrogen and oxygen atoms in total. The molecule has 0 amide bonds. The lowest BCUT2D eigenvalue weighted by molar-refractivity contribution is 0.941. The lowest BCUT2D eigenvalue weighted by atomic mass is 10.1. The van der Waals surface area contributed by atoms with Gasteiger partial charge in [-0.25, -0.2) is 15.0 Å².